The zero-order chi connectivity index (χ0) is 23.6. The number of benzene rings is 3. The molecule has 6 nitrogen and oxygen atoms in total. The second kappa shape index (κ2) is 9.09. The van der Waals surface area contributed by atoms with E-state index < -0.39 is 9.84 Å². The van der Waals surface area contributed by atoms with Crippen LogP contribution in [0.2, 0.25) is 0 Å². The Bertz CT molecular complexity index is 1390. The van der Waals surface area contributed by atoms with Crippen molar-refractivity contribution in [1.29, 1.82) is 0 Å². The Morgan fingerprint density at radius 3 is 2.18 bits per heavy atom. The first-order valence-corrected chi connectivity index (χ1v) is 12.4. The molecule has 0 saturated heterocycles. The van der Waals surface area contributed by atoms with Gasteiger partial charge in [-0.2, -0.15) is 0 Å². The summed E-state index contributed by atoms with van der Waals surface area (Å²) in [6, 6.07) is 22.3. The maximum Gasteiger partial charge on any atom is 0.211 e. The monoisotopic (exact) mass is 478 g/mol. The van der Waals surface area contributed by atoms with Crippen LogP contribution in [0.5, 0.6) is 5.75 Å². The molecule has 0 aliphatic heterocycles. The minimum Gasteiger partial charge on any atom is -0.497 e. The minimum atomic E-state index is -3.99. The smallest absolute Gasteiger partial charge is 0.211 e. The molecule has 4 aromatic rings. The lowest BCUT2D eigenvalue weighted by molar-refractivity contribution is 0.104. The van der Waals surface area contributed by atoms with Gasteiger partial charge in [0.1, 0.15) is 20.5 Å². The summed E-state index contributed by atoms with van der Waals surface area (Å²) in [5.41, 5.74) is 8.28. The second-order valence-corrected chi connectivity index (χ2v) is 10.3. The molecule has 0 amide bonds. The molecule has 8 heteroatoms. The number of nitrogens with one attached hydrogen (secondary N) is 1. The first-order chi connectivity index (χ1) is 15.8. The van der Waals surface area contributed by atoms with E-state index in [2.05, 4.69) is 5.32 Å². The molecule has 3 aromatic carbocycles. The van der Waals surface area contributed by atoms with E-state index in [1.54, 1.807) is 48.5 Å². The van der Waals surface area contributed by atoms with Crippen LogP contribution in [0.15, 0.2) is 88.7 Å². The van der Waals surface area contributed by atoms with Crippen molar-refractivity contribution >= 4 is 43.3 Å². The van der Waals surface area contributed by atoms with Crippen LogP contribution in [0, 0.1) is 6.92 Å². The molecule has 0 unspecified atom stereocenters. The van der Waals surface area contributed by atoms with E-state index in [0.717, 1.165) is 16.9 Å². The molecule has 0 bridgehead atoms. The number of carbonyl (C=O) groups is 1. The van der Waals surface area contributed by atoms with Gasteiger partial charge in [-0.05, 0) is 55.5 Å². The maximum absolute atomic E-state index is 13.6. The fraction of sp³-hybridized carbons (Fsp3) is 0.0800. The number of anilines is 3. The molecule has 0 aliphatic rings. The maximum atomic E-state index is 13.6. The fourth-order valence-corrected chi connectivity index (χ4v) is 6.24. The predicted molar refractivity (Wildman–Crippen MR) is 132 cm³/mol. The van der Waals surface area contributed by atoms with Crippen molar-refractivity contribution in [1.82, 2.24) is 0 Å². The molecule has 4 rings (SSSR count). The normalized spacial score (nSPS) is 11.2. The molecule has 3 N–H and O–H groups in total. The number of methoxy groups -OCH3 is 1. The van der Waals surface area contributed by atoms with E-state index in [0.29, 0.717) is 17.0 Å². The topological polar surface area (TPSA) is 98.5 Å². The van der Waals surface area contributed by atoms with Gasteiger partial charge in [0.25, 0.3) is 0 Å². The van der Waals surface area contributed by atoms with Crippen molar-refractivity contribution in [3.05, 3.63) is 94.9 Å². The zero-order valence-electron chi connectivity index (χ0n) is 18.0. The van der Waals surface area contributed by atoms with E-state index >= 15 is 0 Å². The number of para-hydroxylation sites is 1. The lowest BCUT2D eigenvalue weighted by atomic mass is 10.1. The Morgan fingerprint density at radius 2 is 1.58 bits per heavy atom. The molecule has 1 heterocycles. The van der Waals surface area contributed by atoms with Crippen molar-refractivity contribution in [3.8, 4) is 5.75 Å². The number of rotatable bonds is 7. The fourth-order valence-electron chi connectivity index (χ4n) is 3.31. The Kier molecular flexibility index (Phi) is 6.22. The molecule has 33 heavy (non-hydrogen) atoms. The van der Waals surface area contributed by atoms with Crippen molar-refractivity contribution < 1.29 is 17.9 Å². The molecule has 0 aliphatic carbocycles. The lowest BCUT2D eigenvalue weighted by Gasteiger charge is -2.10. The van der Waals surface area contributed by atoms with Gasteiger partial charge in [-0.25, -0.2) is 8.42 Å². The van der Waals surface area contributed by atoms with Gasteiger partial charge < -0.3 is 15.8 Å². The van der Waals surface area contributed by atoms with Gasteiger partial charge in [0.15, 0.2) is 0 Å². The van der Waals surface area contributed by atoms with Crippen LogP contribution in [0.1, 0.15) is 20.8 Å². The van der Waals surface area contributed by atoms with Crippen molar-refractivity contribution in [3.63, 3.8) is 0 Å². The van der Waals surface area contributed by atoms with E-state index in [4.69, 9.17) is 10.5 Å². The molecule has 0 saturated carbocycles. The van der Waals surface area contributed by atoms with E-state index in [1.807, 2.05) is 37.3 Å². The minimum absolute atomic E-state index is 0.0696. The summed E-state index contributed by atoms with van der Waals surface area (Å²) in [4.78, 5) is 13.4. The molecule has 168 valence electrons. The quantitative estimate of drug-likeness (QED) is 0.343. The summed E-state index contributed by atoms with van der Waals surface area (Å²) >= 11 is 1.02. The number of thiophene rings is 1. The molecule has 0 spiro atoms. The molecule has 0 atom stereocenters. The third-order valence-electron chi connectivity index (χ3n) is 5.09. The Morgan fingerprint density at radius 1 is 0.939 bits per heavy atom. The highest BCUT2D eigenvalue weighted by Crippen LogP contribution is 2.44. The zero-order valence-corrected chi connectivity index (χ0v) is 19.7. The first-order valence-electron chi connectivity index (χ1n) is 10.1. The van der Waals surface area contributed by atoms with Gasteiger partial charge in [-0.15, -0.1) is 11.3 Å². The number of ketones is 1. The molecule has 1 aromatic heterocycles. The molecular weight excluding hydrogens is 456 g/mol. The average Bonchev–Trinajstić information content (AvgIpc) is 3.15. The summed E-state index contributed by atoms with van der Waals surface area (Å²) in [6.07, 6.45) is 0. The second-order valence-electron chi connectivity index (χ2n) is 7.37. The number of aryl methyl sites for hydroxylation is 1. The third kappa shape index (κ3) is 4.48. The Labute approximate surface area is 196 Å². The number of hydrogen-bond acceptors (Lipinski definition) is 7. The van der Waals surface area contributed by atoms with Gasteiger partial charge >= 0.3 is 0 Å². The Hall–Kier alpha value is -3.62. The van der Waals surface area contributed by atoms with Gasteiger partial charge in [0, 0.05) is 11.3 Å². The van der Waals surface area contributed by atoms with E-state index in [1.165, 1.54) is 7.11 Å². The van der Waals surface area contributed by atoms with Gasteiger partial charge in [0.2, 0.25) is 15.6 Å². The van der Waals surface area contributed by atoms with Crippen molar-refractivity contribution in [2.75, 3.05) is 18.2 Å². The number of ether oxygens (including phenoxy) is 1. The van der Waals surface area contributed by atoms with E-state index in [9.17, 15) is 13.2 Å². The van der Waals surface area contributed by atoms with Crippen LogP contribution in [0.3, 0.4) is 0 Å². The van der Waals surface area contributed by atoms with Gasteiger partial charge in [-0.1, -0.05) is 35.9 Å². The van der Waals surface area contributed by atoms with Crippen LogP contribution in [-0.4, -0.2) is 21.3 Å². The summed E-state index contributed by atoms with van der Waals surface area (Å²) in [5.74, 6) is 0.251. The highest BCUT2D eigenvalue weighted by atomic mass is 32.2. The van der Waals surface area contributed by atoms with Crippen LogP contribution in [-0.2, 0) is 9.84 Å². The summed E-state index contributed by atoms with van der Waals surface area (Å²) < 4.78 is 32.3. The lowest BCUT2D eigenvalue weighted by Crippen LogP contribution is -2.08. The summed E-state index contributed by atoms with van der Waals surface area (Å²) in [5, 5.41) is 3.42. The van der Waals surface area contributed by atoms with E-state index in [-0.39, 0.29) is 31.1 Å². The number of sulfone groups is 1. The van der Waals surface area contributed by atoms with Crippen molar-refractivity contribution in [2.45, 2.75) is 16.7 Å². The first kappa shape index (κ1) is 22.6. The number of carbonyl (C=O) groups excluding carboxylic acids is 1. The standard InChI is InChI=1S/C25H22N2O4S2/c1-16-8-14-20(15-9-16)33(29,30)24-21(26)23(22(28)17-10-12-19(31-2)13-11-17)32-25(24)27-18-6-4-3-5-7-18/h3-15,27H,26H2,1-2H3. The van der Waals surface area contributed by atoms with Gasteiger partial charge in [-0.3, -0.25) is 4.79 Å². The Balaban J connectivity index is 1.85. The number of hydrogen-bond donors (Lipinski definition) is 2. The van der Waals surface area contributed by atoms with Crippen LogP contribution in [0.4, 0.5) is 16.4 Å². The van der Waals surface area contributed by atoms with Crippen LogP contribution < -0.4 is 15.8 Å². The number of nitrogens with two attached hydrogens (primary N) is 1. The highest BCUT2D eigenvalue weighted by Gasteiger charge is 2.31. The average molecular weight is 479 g/mol. The molecule has 0 radical (unpaired) electrons. The third-order valence-corrected chi connectivity index (χ3v) is 8.19. The summed E-state index contributed by atoms with van der Waals surface area (Å²) in [7, 11) is -2.45. The van der Waals surface area contributed by atoms with Gasteiger partial charge in [0.05, 0.1) is 17.7 Å². The van der Waals surface area contributed by atoms with Crippen LogP contribution >= 0.6 is 11.3 Å². The highest BCUT2D eigenvalue weighted by molar-refractivity contribution is 7.92. The largest absolute Gasteiger partial charge is 0.497 e. The van der Waals surface area contributed by atoms with Crippen LogP contribution in [0.25, 0.3) is 0 Å². The summed E-state index contributed by atoms with van der Waals surface area (Å²) in [6.45, 7) is 1.88. The molecule has 0 fully saturated rings. The molecular formula is C25H22N2O4S2. The number of nitrogen functional groups attached to an aromatic ring is 1. The SMILES string of the molecule is COc1ccc(C(=O)c2sc(Nc3ccccc3)c(S(=O)(=O)c3ccc(C)cc3)c2N)cc1. The predicted octanol–water partition coefficient (Wildman–Crippen LogP) is 5.45. The van der Waals surface area contributed by atoms with Crippen molar-refractivity contribution in [2.24, 2.45) is 0 Å².